The van der Waals surface area contributed by atoms with E-state index < -0.39 is 0 Å². The molecule has 0 rings (SSSR count). The van der Waals surface area contributed by atoms with Crippen LogP contribution in [0.3, 0.4) is 0 Å². The third kappa shape index (κ3) is 2.07. The highest BCUT2D eigenvalue weighted by molar-refractivity contribution is 7.78. The zero-order chi connectivity index (χ0) is 6.57. The molecule has 0 unspecified atom stereocenters. The Kier molecular flexibility index (Phi) is 3.43. The lowest BCUT2D eigenvalue weighted by Gasteiger charge is -1.97. The fourth-order valence-electron chi connectivity index (χ4n) is 0.256. The predicted octanol–water partition coefficient (Wildman–Crippen LogP) is -0.602. The molecule has 0 saturated heterocycles. The minimum Gasteiger partial charge on any atom is -0.290 e. The monoisotopic (exact) mass is 134 g/mol. The van der Waals surface area contributed by atoms with Crippen LogP contribution < -0.4 is 10.5 Å². The van der Waals surface area contributed by atoms with Crippen LogP contribution in [0.25, 0.3) is 0 Å². The third-order valence-electron chi connectivity index (χ3n) is 1.00. The maximum Gasteiger partial charge on any atom is 0.354 e. The van der Waals surface area contributed by atoms with Gasteiger partial charge in [-0.15, -0.1) is 0 Å². The highest BCUT2D eigenvalue weighted by Crippen LogP contribution is 1.65. The lowest BCUT2D eigenvalue weighted by molar-refractivity contribution is -0.495. The quantitative estimate of drug-likeness (QED) is 0.194. The Morgan fingerprint density at radius 1 is 1.88 bits per heavy atom. The van der Waals surface area contributed by atoms with Crippen molar-refractivity contribution in [1.29, 1.82) is 0 Å². The van der Waals surface area contributed by atoms with E-state index in [1.54, 1.807) is 0 Å². The first-order valence-electron chi connectivity index (χ1n) is 2.46. The zero-order valence-corrected chi connectivity index (χ0v) is 6.07. The molecule has 0 aromatic rings. The van der Waals surface area contributed by atoms with Gasteiger partial charge in [0.05, 0.1) is 13.6 Å². The van der Waals surface area contributed by atoms with Crippen LogP contribution in [0.4, 0.5) is 0 Å². The zero-order valence-electron chi connectivity index (χ0n) is 5.18. The van der Waals surface area contributed by atoms with E-state index in [2.05, 4.69) is 17.5 Å². The summed E-state index contributed by atoms with van der Waals surface area (Å²) in [7, 11) is 1.89. The summed E-state index contributed by atoms with van der Waals surface area (Å²) in [6.45, 7) is 2.90. The highest BCUT2D eigenvalue weighted by Gasteiger charge is 1.94. The van der Waals surface area contributed by atoms with Gasteiger partial charge in [0.15, 0.2) is 0 Å². The Labute approximate surface area is 55.1 Å². The van der Waals surface area contributed by atoms with E-state index in [1.807, 2.05) is 18.5 Å². The molecule has 3 nitrogen and oxygen atoms in total. The van der Waals surface area contributed by atoms with Crippen molar-refractivity contribution in [1.82, 2.24) is 4.72 Å². The summed E-state index contributed by atoms with van der Waals surface area (Å²) in [6.07, 6.45) is 0. The summed E-state index contributed by atoms with van der Waals surface area (Å²) in [4.78, 5) is 0. The second kappa shape index (κ2) is 3.60. The Hall–Kier alpha value is -0.380. The van der Waals surface area contributed by atoms with Crippen LogP contribution in [0, 0.1) is 0 Å². The van der Waals surface area contributed by atoms with Crippen molar-refractivity contribution in [2.24, 2.45) is 5.73 Å². The molecule has 0 spiro atoms. The van der Waals surface area contributed by atoms with Crippen LogP contribution in [-0.4, -0.2) is 24.1 Å². The summed E-state index contributed by atoms with van der Waals surface area (Å²) in [5.41, 5.74) is 5.38. The molecule has 4 heteroatoms. The van der Waals surface area contributed by atoms with Crippen molar-refractivity contribution < 1.29 is 4.58 Å². The second-order valence-corrected chi connectivity index (χ2v) is 1.73. The number of hydrogen-bond donors (Lipinski definition) is 3. The summed E-state index contributed by atoms with van der Waals surface area (Å²) in [5, 5.41) is 0. The van der Waals surface area contributed by atoms with Gasteiger partial charge >= 0.3 is 5.96 Å². The molecule has 0 aliphatic rings. The summed E-state index contributed by atoms with van der Waals surface area (Å²) in [6, 6.07) is 0. The Morgan fingerprint density at radius 2 is 2.38 bits per heavy atom. The minimum absolute atomic E-state index is 0.579. The van der Waals surface area contributed by atoms with Gasteiger partial charge < -0.3 is 0 Å². The van der Waals surface area contributed by atoms with Gasteiger partial charge in [0.25, 0.3) is 0 Å². The number of guanidine groups is 1. The van der Waals surface area contributed by atoms with Crippen LogP contribution in [0.5, 0.6) is 0 Å². The number of nitrogens with one attached hydrogen (secondary N) is 1. The van der Waals surface area contributed by atoms with Gasteiger partial charge in [-0.25, -0.2) is 4.72 Å². The molecule has 8 heavy (non-hydrogen) atoms. The summed E-state index contributed by atoms with van der Waals surface area (Å²) in [5.74, 6) is 0.579. The van der Waals surface area contributed by atoms with Gasteiger partial charge in [-0.2, -0.15) is 0 Å². The number of nitrogens with zero attached hydrogens (tertiary/aromatic N) is 1. The van der Waals surface area contributed by atoms with Crippen molar-refractivity contribution in [3.8, 4) is 0 Å². The largest absolute Gasteiger partial charge is 0.354 e. The molecule has 3 N–H and O–H groups in total. The van der Waals surface area contributed by atoms with Crippen LogP contribution in [0.15, 0.2) is 0 Å². The molecule has 0 radical (unpaired) electrons. The molecular formula is C4H12N3S+. The molecule has 0 atom stereocenters. The third-order valence-corrected chi connectivity index (χ3v) is 1.23. The molecular weight excluding hydrogens is 122 g/mol. The van der Waals surface area contributed by atoms with Crippen LogP contribution in [-0.2, 0) is 0 Å². The van der Waals surface area contributed by atoms with Gasteiger partial charge in [-0.1, -0.05) is 0 Å². The first kappa shape index (κ1) is 7.62. The molecule has 0 fully saturated rings. The van der Waals surface area contributed by atoms with E-state index in [1.165, 1.54) is 0 Å². The van der Waals surface area contributed by atoms with Crippen molar-refractivity contribution in [3.05, 3.63) is 0 Å². The Balaban J connectivity index is 3.83. The van der Waals surface area contributed by atoms with E-state index >= 15 is 0 Å². The van der Waals surface area contributed by atoms with Gasteiger partial charge in [0, 0.05) is 12.8 Å². The van der Waals surface area contributed by atoms with Crippen LogP contribution in [0.1, 0.15) is 6.92 Å². The molecule has 0 aliphatic heterocycles. The van der Waals surface area contributed by atoms with E-state index in [9.17, 15) is 0 Å². The van der Waals surface area contributed by atoms with Crippen LogP contribution in [0.2, 0.25) is 0 Å². The molecule has 0 aromatic carbocycles. The molecule has 0 aromatic heterocycles. The topological polar surface area (TPSA) is 41.1 Å². The van der Waals surface area contributed by atoms with Crippen molar-refractivity contribution in [2.45, 2.75) is 6.92 Å². The summed E-state index contributed by atoms with van der Waals surface area (Å²) >= 11 is 3.76. The number of thiol groups is 1. The average molecular weight is 134 g/mol. The maximum absolute atomic E-state index is 5.38. The number of hydrogen-bond acceptors (Lipinski definition) is 1. The molecule has 0 saturated carbocycles. The standard InChI is InChI=1S/C4H11N3S/c1-3-7(2)4(5)6-8/h3H2,1-2H3,(H3,5,6,8)/p+1. The normalized spacial score (nSPS) is 12.9. The minimum atomic E-state index is 0.579. The van der Waals surface area contributed by atoms with Crippen molar-refractivity contribution in [2.75, 3.05) is 13.6 Å². The summed E-state index contributed by atoms with van der Waals surface area (Å²) < 4.78 is 4.38. The number of rotatable bonds is 1. The Bertz CT molecular complexity index is 87.5. The lowest BCUT2D eigenvalue weighted by Crippen LogP contribution is -2.34. The second-order valence-electron chi connectivity index (χ2n) is 1.51. The molecule has 0 bridgehead atoms. The van der Waals surface area contributed by atoms with Crippen molar-refractivity contribution in [3.63, 3.8) is 0 Å². The fourth-order valence-corrected chi connectivity index (χ4v) is 0.426. The Morgan fingerprint density at radius 3 is 2.50 bits per heavy atom. The molecule has 0 aliphatic carbocycles. The maximum atomic E-state index is 5.38. The van der Waals surface area contributed by atoms with Gasteiger partial charge in [-0.05, 0) is 6.92 Å². The molecule has 0 amide bonds. The lowest BCUT2D eigenvalue weighted by atomic mass is 10.7. The van der Waals surface area contributed by atoms with E-state index in [0.717, 1.165) is 6.54 Å². The predicted molar refractivity (Wildman–Crippen MR) is 38.0 cm³/mol. The van der Waals surface area contributed by atoms with E-state index in [-0.39, 0.29) is 0 Å². The number of nitrogens with two attached hydrogens (primary N) is 1. The SMILES string of the molecule is CC[N+](C)=C(N)NS. The molecule has 48 valence electrons. The first-order valence-corrected chi connectivity index (χ1v) is 2.90. The van der Waals surface area contributed by atoms with E-state index in [0.29, 0.717) is 5.96 Å². The average Bonchev–Trinajstić information content (AvgIpc) is 1.84. The van der Waals surface area contributed by atoms with Gasteiger partial charge in [0.1, 0.15) is 0 Å². The fraction of sp³-hybridized carbons (Fsp3) is 0.750. The first-order chi connectivity index (χ1) is 3.72. The van der Waals surface area contributed by atoms with Crippen molar-refractivity contribution >= 4 is 18.8 Å². The molecule has 0 heterocycles. The van der Waals surface area contributed by atoms with Gasteiger partial charge in [0.2, 0.25) is 0 Å². The van der Waals surface area contributed by atoms with Gasteiger partial charge in [-0.3, -0.25) is 10.3 Å². The van der Waals surface area contributed by atoms with E-state index in [4.69, 9.17) is 5.73 Å². The highest BCUT2D eigenvalue weighted by atomic mass is 32.1. The van der Waals surface area contributed by atoms with Crippen LogP contribution >= 0.6 is 12.8 Å². The smallest absolute Gasteiger partial charge is 0.290 e.